The number of aliphatic hydroxyl groups excluding tert-OH is 1. The number of carbonyl (C=O) groups excluding carboxylic acids is 1. The first-order chi connectivity index (χ1) is 10.6. The van der Waals surface area contributed by atoms with Gasteiger partial charge < -0.3 is 19.7 Å². The van der Waals surface area contributed by atoms with E-state index in [1.807, 2.05) is 53.7 Å². The van der Waals surface area contributed by atoms with Gasteiger partial charge >= 0.3 is 7.12 Å². The van der Waals surface area contributed by atoms with E-state index in [1.54, 1.807) is 0 Å². The monoisotopic (exact) mass is 319 g/mol. The predicted molar refractivity (Wildman–Crippen MR) is 91.1 cm³/mol. The molecule has 0 radical (unpaired) electrons. The molecule has 0 bridgehead atoms. The van der Waals surface area contributed by atoms with Crippen LogP contribution in [0.2, 0.25) is 0 Å². The molecule has 1 aliphatic rings. The molecule has 2 N–H and O–H groups in total. The van der Waals surface area contributed by atoms with Gasteiger partial charge in [0.1, 0.15) is 0 Å². The number of aliphatic hydroxyl groups is 1. The normalized spacial score (nSPS) is 19.0. The van der Waals surface area contributed by atoms with E-state index in [9.17, 15) is 4.79 Å². The Balaban J connectivity index is 2.29. The maximum absolute atomic E-state index is 12.2. The number of hydrogen-bond donors (Lipinski definition) is 2. The van der Waals surface area contributed by atoms with Gasteiger partial charge in [-0.15, -0.1) is 0 Å². The molecule has 0 spiro atoms. The van der Waals surface area contributed by atoms with Crippen LogP contribution < -0.4 is 10.8 Å². The average molecular weight is 319 g/mol. The molecule has 1 saturated heterocycles. The van der Waals surface area contributed by atoms with Gasteiger partial charge in [-0.25, -0.2) is 0 Å². The lowest BCUT2D eigenvalue weighted by molar-refractivity contribution is 0.00578. The summed E-state index contributed by atoms with van der Waals surface area (Å²) >= 11 is 0. The van der Waals surface area contributed by atoms with Crippen molar-refractivity contribution < 1.29 is 19.2 Å². The van der Waals surface area contributed by atoms with Crippen LogP contribution in [0, 0.1) is 13.8 Å². The number of nitrogens with one attached hydrogen (secondary N) is 1. The summed E-state index contributed by atoms with van der Waals surface area (Å²) in [6, 6.07) is 3.87. The Morgan fingerprint density at radius 2 is 1.61 bits per heavy atom. The van der Waals surface area contributed by atoms with Crippen molar-refractivity contribution in [2.45, 2.75) is 52.7 Å². The summed E-state index contributed by atoms with van der Waals surface area (Å²) in [6.45, 7) is 12.0. The van der Waals surface area contributed by atoms with E-state index in [0.717, 1.165) is 16.6 Å². The van der Waals surface area contributed by atoms with Crippen molar-refractivity contribution in [1.29, 1.82) is 0 Å². The highest BCUT2D eigenvalue weighted by atomic mass is 16.7. The highest BCUT2D eigenvalue weighted by Crippen LogP contribution is 2.36. The molecule has 0 aromatic heterocycles. The van der Waals surface area contributed by atoms with E-state index in [4.69, 9.17) is 14.4 Å². The Hall–Kier alpha value is -1.37. The van der Waals surface area contributed by atoms with E-state index in [0.29, 0.717) is 5.56 Å². The van der Waals surface area contributed by atoms with Crippen LogP contribution in [0.15, 0.2) is 12.1 Å². The highest BCUT2D eigenvalue weighted by molar-refractivity contribution is 6.62. The number of aryl methyl sites for hydroxylation is 2. The van der Waals surface area contributed by atoms with E-state index in [2.05, 4.69) is 5.32 Å². The molecule has 1 aliphatic heterocycles. The van der Waals surface area contributed by atoms with Gasteiger partial charge in [0.15, 0.2) is 0 Å². The molecule has 1 heterocycles. The Morgan fingerprint density at radius 1 is 1.13 bits per heavy atom. The van der Waals surface area contributed by atoms with Crippen LogP contribution in [0.5, 0.6) is 0 Å². The quantitative estimate of drug-likeness (QED) is 0.822. The lowest BCUT2D eigenvalue weighted by atomic mass is 9.76. The highest BCUT2D eigenvalue weighted by Gasteiger charge is 2.51. The maximum Gasteiger partial charge on any atom is 0.494 e. The smallest absolute Gasteiger partial charge is 0.399 e. The first kappa shape index (κ1) is 18.0. The average Bonchev–Trinajstić information content (AvgIpc) is 2.64. The van der Waals surface area contributed by atoms with Gasteiger partial charge in [-0.05, 0) is 58.1 Å². The van der Waals surface area contributed by atoms with Crippen LogP contribution in [0.1, 0.15) is 49.2 Å². The Labute approximate surface area is 138 Å². The van der Waals surface area contributed by atoms with Crippen molar-refractivity contribution in [3.63, 3.8) is 0 Å². The summed E-state index contributed by atoms with van der Waals surface area (Å²) in [4.78, 5) is 12.2. The number of benzene rings is 1. The summed E-state index contributed by atoms with van der Waals surface area (Å²) < 4.78 is 12.1. The van der Waals surface area contributed by atoms with Gasteiger partial charge in [0, 0.05) is 12.1 Å². The van der Waals surface area contributed by atoms with Gasteiger partial charge in [0.2, 0.25) is 0 Å². The molecule has 0 saturated carbocycles. The fourth-order valence-corrected chi connectivity index (χ4v) is 2.73. The zero-order valence-electron chi connectivity index (χ0n) is 14.8. The van der Waals surface area contributed by atoms with Crippen molar-refractivity contribution in [1.82, 2.24) is 5.32 Å². The molecular weight excluding hydrogens is 293 g/mol. The molecule has 1 amide bonds. The third kappa shape index (κ3) is 3.44. The lowest BCUT2D eigenvalue weighted by Gasteiger charge is -2.32. The molecule has 5 nitrogen and oxygen atoms in total. The molecule has 23 heavy (non-hydrogen) atoms. The van der Waals surface area contributed by atoms with Crippen LogP contribution >= 0.6 is 0 Å². The summed E-state index contributed by atoms with van der Waals surface area (Å²) in [6.07, 6.45) is 0. The molecular formula is C17H26BNO4. The van der Waals surface area contributed by atoms with Crippen LogP contribution in [0.4, 0.5) is 0 Å². The zero-order chi connectivity index (χ0) is 17.4. The van der Waals surface area contributed by atoms with Crippen molar-refractivity contribution in [2.24, 2.45) is 0 Å². The maximum atomic E-state index is 12.2. The predicted octanol–water partition coefficient (Wildman–Crippen LogP) is 1.32. The summed E-state index contributed by atoms with van der Waals surface area (Å²) in [5, 5.41) is 11.5. The molecule has 1 fully saturated rings. The molecule has 126 valence electrons. The van der Waals surface area contributed by atoms with Gasteiger partial charge in [0.25, 0.3) is 5.91 Å². The number of carbonyl (C=O) groups is 1. The minimum Gasteiger partial charge on any atom is -0.399 e. The van der Waals surface area contributed by atoms with Gasteiger partial charge in [0.05, 0.1) is 17.8 Å². The summed E-state index contributed by atoms with van der Waals surface area (Å²) in [7, 11) is -0.438. The second-order valence-corrected chi connectivity index (χ2v) is 7.10. The summed E-state index contributed by atoms with van der Waals surface area (Å²) in [5.41, 5.74) is 2.50. The van der Waals surface area contributed by atoms with Crippen LogP contribution in [-0.4, -0.2) is 42.5 Å². The van der Waals surface area contributed by atoms with Crippen molar-refractivity contribution in [3.05, 3.63) is 28.8 Å². The topological polar surface area (TPSA) is 67.8 Å². The Kier molecular flexibility index (Phi) is 4.90. The van der Waals surface area contributed by atoms with E-state index < -0.39 is 18.3 Å². The number of amides is 1. The van der Waals surface area contributed by atoms with E-state index >= 15 is 0 Å². The number of hydrogen-bond acceptors (Lipinski definition) is 4. The third-order valence-electron chi connectivity index (χ3n) is 4.70. The summed E-state index contributed by atoms with van der Waals surface area (Å²) in [5.74, 6) is -0.172. The fraction of sp³-hybridized carbons (Fsp3) is 0.588. The zero-order valence-corrected chi connectivity index (χ0v) is 14.8. The first-order valence-electron chi connectivity index (χ1n) is 7.95. The molecule has 1 aromatic carbocycles. The molecule has 6 heteroatoms. The van der Waals surface area contributed by atoms with Crippen molar-refractivity contribution >= 4 is 18.5 Å². The molecule has 0 atom stereocenters. The molecule has 0 aliphatic carbocycles. The minimum absolute atomic E-state index is 0.0736. The van der Waals surface area contributed by atoms with Crippen LogP contribution in [0.25, 0.3) is 0 Å². The fourth-order valence-electron chi connectivity index (χ4n) is 2.73. The minimum atomic E-state index is -0.438. The van der Waals surface area contributed by atoms with Gasteiger partial charge in [-0.2, -0.15) is 0 Å². The lowest BCUT2D eigenvalue weighted by Crippen LogP contribution is -2.41. The molecule has 1 aromatic rings. The Bertz CT molecular complexity index is 574. The standard InChI is InChI=1S/C17H26BNO4/c1-11-9-13(18-22-16(3,4)17(5,6)23-18)10-12(2)14(11)15(21)19-7-8-20/h9-10,20H,7-8H2,1-6H3,(H,19,21). The third-order valence-corrected chi connectivity index (χ3v) is 4.70. The second-order valence-electron chi connectivity index (χ2n) is 7.10. The van der Waals surface area contributed by atoms with Gasteiger partial charge in [-0.1, -0.05) is 12.1 Å². The van der Waals surface area contributed by atoms with E-state index in [-0.39, 0.29) is 19.1 Å². The van der Waals surface area contributed by atoms with Crippen molar-refractivity contribution in [3.8, 4) is 0 Å². The van der Waals surface area contributed by atoms with Crippen LogP contribution in [0.3, 0.4) is 0 Å². The molecule has 2 rings (SSSR count). The Morgan fingerprint density at radius 3 is 2.04 bits per heavy atom. The number of rotatable bonds is 4. The van der Waals surface area contributed by atoms with Crippen molar-refractivity contribution in [2.75, 3.05) is 13.2 Å². The van der Waals surface area contributed by atoms with Gasteiger partial charge in [-0.3, -0.25) is 4.79 Å². The van der Waals surface area contributed by atoms with E-state index in [1.165, 1.54) is 0 Å². The van der Waals surface area contributed by atoms with Crippen LogP contribution in [-0.2, 0) is 9.31 Å². The largest absolute Gasteiger partial charge is 0.494 e. The molecule has 0 unspecified atom stereocenters. The first-order valence-corrected chi connectivity index (χ1v) is 7.95. The SMILES string of the molecule is Cc1cc(B2OC(C)(C)C(C)(C)O2)cc(C)c1C(=O)NCCO. The second kappa shape index (κ2) is 6.26.